The molecule has 0 radical (unpaired) electrons. The molecular formula is C14H12ClF2NO2S. The Kier molecular flexibility index (Phi) is 4.61. The molecule has 2 aromatic carbocycles. The largest absolute Gasteiger partial charge is 0.246 e. The quantitative estimate of drug-likeness (QED) is 0.933. The smallest absolute Gasteiger partial charge is 0.207 e. The molecule has 0 fully saturated rings. The summed E-state index contributed by atoms with van der Waals surface area (Å²) in [5.41, 5.74) is 1.44. The highest BCUT2D eigenvalue weighted by atomic mass is 35.5. The lowest BCUT2D eigenvalue weighted by molar-refractivity contribution is 0.514. The van der Waals surface area contributed by atoms with E-state index in [2.05, 4.69) is 4.72 Å². The highest BCUT2D eigenvalue weighted by Crippen LogP contribution is 2.19. The van der Waals surface area contributed by atoms with Crippen molar-refractivity contribution in [2.75, 3.05) is 0 Å². The van der Waals surface area contributed by atoms with E-state index in [-0.39, 0.29) is 6.54 Å². The molecule has 0 atom stereocenters. The Morgan fingerprint density at radius 2 is 1.76 bits per heavy atom. The molecule has 0 unspecified atom stereocenters. The van der Waals surface area contributed by atoms with Gasteiger partial charge in [-0.2, -0.15) is 0 Å². The molecule has 1 N–H and O–H groups in total. The van der Waals surface area contributed by atoms with Crippen molar-refractivity contribution in [3.63, 3.8) is 0 Å². The van der Waals surface area contributed by atoms with Crippen LogP contribution in [-0.4, -0.2) is 8.42 Å². The van der Waals surface area contributed by atoms with Crippen LogP contribution in [0.1, 0.15) is 11.1 Å². The third-order valence-corrected chi connectivity index (χ3v) is 4.63. The molecule has 0 aliphatic heterocycles. The van der Waals surface area contributed by atoms with Gasteiger partial charge in [-0.05, 0) is 42.3 Å². The van der Waals surface area contributed by atoms with Gasteiger partial charge >= 0.3 is 0 Å². The monoisotopic (exact) mass is 331 g/mol. The topological polar surface area (TPSA) is 46.2 Å². The van der Waals surface area contributed by atoms with Crippen LogP contribution in [0.3, 0.4) is 0 Å². The van der Waals surface area contributed by atoms with Crippen LogP contribution in [0.4, 0.5) is 8.78 Å². The van der Waals surface area contributed by atoms with Gasteiger partial charge in [-0.1, -0.05) is 23.7 Å². The van der Waals surface area contributed by atoms with E-state index < -0.39 is 26.6 Å². The SMILES string of the molecule is Cc1cc(Cl)ccc1CNS(=O)(=O)c1c(F)cccc1F. The van der Waals surface area contributed by atoms with Gasteiger partial charge < -0.3 is 0 Å². The molecule has 7 heteroatoms. The summed E-state index contributed by atoms with van der Waals surface area (Å²) in [5, 5.41) is 0.527. The third kappa shape index (κ3) is 3.58. The van der Waals surface area contributed by atoms with Gasteiger partial charge in [0.25, 0.3) is 0 Å². The summed E-state index contributed by atoms with van der Waals surface area (Å²) < 4.78 is 53.3. The van der Waals surface area contributed by atoms with Gasteiger partial charge in [0.2, 0.25) is 10.0 Å². The van der Waals surface area contributed by atoms with Crippen molar-refractivity contribution in [3.8, 4) is 0 Å². The Balaban J connectivity index is 2.26. The second-order valence-electron chi connectivity index (χ2n) is 4.45. The third-order valence-electron chi connectivity index (χ3n) is 2.94. The fourth-order valence-electron chi connectivity index (χ4n) is 1.84. The lowest BCUT2D eigenvalue weighted by Crippen LogP contribution is -2.25. The first-order valence-electron chi connectivity index (χ1n) is 6.00. The zero-order chi connectivity index (χ0) is 15.6. The van der Waals surface area contributed by atoms with Crippen LogP contribution >= 0.6 is 11.6 Å². The zero-order valence-electron chi connectivity index (χ0n) is 11.0. The van der Waals surface area contributed by atoms with Gasteiger partial charge in [0.05, 0.1) is 0 Å². The van der Waals surface area contributed by atoms with Crippen molar-refractivity contribution in [1.29, 1.82) is 0 Å². The van der Waals surface area contributed by atoms with Crippen LogP contribution < -0.4 is 4.72 Å². The van der Waals surface area contributed by atoms with Gasteiger partial charge in [-0.15, -0.1) is 0 Å². The molecule has 0 spiro atoms. The van der Waals surface area contributed by atoms with Crippen LogP contribution in [0, 0.1) is 18.6 Å². The van der Waals surface area contributed by atoms with E-state index in [1.165, 1.54) is 0 Å². The summed E-state index contributed by atoms with van der Waals surface area (Å²) >= 11 is 5.81. The average Bonchev–Trinajstić information content (AvgIpc) is 2.37. The Hall–Kier alpha value is -1.50. The predicted molar refractivity (Wildman–Crippen MR) is 76.6 cm³/mol. The highest BCUT2D eigenvalue weighted by Gasteiger charge is 2.23. The van der Waals surface area contributed by atoms with Crippen LogP contribution in [0.15, 0.2) is 41.3 Å². The van der Waals surface area contributed by atoms with Crippen molar-refractivity contribution in [2.24, 2.45) is 0 Å². The number of hydrogen-bond acceptors (Lipinski definition) is 2. The van der Waals surface area contributed by atoms with Crippen LogP contribution in [0.25, 0.3) is 0 Å². The van der Waals surface area contributed by atoms with Gasteiger partial charge in [0, 0.05) is 11.6 Å². The molecule has 2 rings (SSSR count). The van der Waals surface area contributed by atoms with Crippen LogP contribution in [0.5, 0.6) is 0 Å². The molecule has 3 nitrogen and oxygen atoms in total. The summed E-state index contributed by atoms with van der Waals surface area (Å²) in [5.74, 6) is -2.26. The van der Waals surface area contributed by atoms with E-state index in [0.717, 1.165) is 23.8 Å². The fraction of sp³-hybridized carbons (Fsp3) is 0.143. The second-order valence-corrected chi connectivity index (χ2v) is 6.59. The molecule has 0 aliphatic carbocycles. The van der Waals surface area contributed by atoms with Crippen molar-refractivity contribution >= 4 is 21.6 Å². The Morgan fingerprint density at radius 3 is 2.33 bits per heavy atom. The summed E-state index contributed by atoms with van der Waals surface area (Å²) in [7, 11) is -4.28. The molecule has 2 aromatic rings. The molecule has 21 heavy (non-hydrogen) atoms. The van der Waals surface area contributed by atoms with Crippen molar-refractivity contribution in [2.45, 2.75) is 18.4 Å². The summed E-state index contributed by atoms with van der Waals surface area (Å²) in [4.78, 5) is -0.975. The van der Waals surface area contributed by atoms with Gasteiger partial charge in [0.15, 0.2) is 4.90 Å². The lowest BCUT2D eigenvalue weighted by Gasteiger charge is -2.10. The molecule has 0 saturated heterocycles. The standard InChI is InChI=1S/C14H12ClF2NO2S/c1-9-7-11(15)6-5-10(9)8-18-21(19,20)14-12(16)3-2-4-13(14)17/h2-7,18H,8H2,1H3. The maximum atomic E-state index is 13.5. The molecule has 0 heterocycles. The number of aryl methyl sites for hydroxylation is 1. The van der Waals surface area contributed by atoms with Crippen molar-refractivity contribution < 1.29 is 17.2 Å². The van der Waals surface area contributed by atoms with Gasteiger partial charge in [-0.25, -0.2) is 21.9 Å². The first-order valence-corrected chi connectivity index (χ1v) is 7.86. The van der Waals surface area contributed by atoms with Gasteiger partial charge in [0.1, 0.15) is 11.6 Å². The number of hydrogen-bond donors (Lipinski definition) is 1. The molecule has 0 bridgehead atoms. The summed E-state index contributed by atoms with van der Waals surface area (Å²) in [6, 6.07) is 7.83. The average molecular weight is 332 g/mol. The minimum absolute atomic E-state index is 0.0842. The molecule has 0 amide bonds. The van der Waals surface area contributed by atoms with E-state index in [0.29, 0.717) is 10.6 Å². The lowest BCUT2D eigenvalue weighted by atomic mass is 10.1. The Bertz CT molecular complexity index is 758. The predicted octanol–water partition coefficient (Wildman–Crippen LogP) is 3.41. The normalized spacial score (nSPS) is 11.6. The molecule has 0 aromatic heterocycles. The van der Waals surface area contributed by atoms with E-state index in [1.807, 2.05) is 0 Å². The van der Waals surface area contributed by atoms with E-state index in [9.17, 15) is 17.2 Å². The van der Waals surface area contributed by atoms with Crippen molar-refractivity contribution in [1.82, 2.24) is 4.72 Å². The maximum Gasteiger partial charge on any atom is 0.246 e. The van der Waals surface area contributed by atoms with E-state index in [1.54, 1.807) is 25.1 Å². The molecule has 0 saturated carbocycles. The van der Waals surface area contributed by atoms with Crippen molar-refractivity contribution in [3.05, 3.63) is 64.2 Å². The first-order chi connectivity index (χ1) is 9.81. The molecule has 0 aliphatic rings. The second kappa shape index (κ2) is 6.09. The van der Waals surface area contributed by atoms with E-state index >= 15 is 0 Å². The minimum atomic E-state index is -4.28. The number of rotatable bonds is 4. The molecular weight excluding hydrogens is 320 g/mol. The zero-order valence-corrected chi connectivity index (χ0v) is 12.6. The Labute approximate surface area is 126 Å². The number of nitrogens with one attached hydrogen (secondary N) is 1. The van der Waals surface area contributed by atoms with Crippen LogP contribution in [-0.2, 0) is 16.6 Å². The van der Waals surface area contributed by atoms with E-state index in [4.69, 9.17) is 11.6 Å². The summed E-state index contributed by atoms with van der Waals surface area (Å²) in [6.45, 7) is 1.68. The maximum absolute atomic E-state index is 13.5. The Morgan fingerprint density at radius 1 is 1.14 bits per heavy atom. The first kappa shape index (κ1) is 15.9. The van der Waals surface area contributed by atoms with Crippen LogP contribution in [0.2, 0.25) is 5.02 Å². The minimum Gasteiger partial charge on any atom is -0.207 e. The number of benzene rings is 2. The highest BCUT2D eigenvalue weighted by molar-refractivity contribution is 7.89. The number of halogens is 3. The summed E-state index contributed by atoms with van der Waals surface area (Å²) in [6.07, 6.45) is 0. The molecule has 112 valence electrons. The fourth-order valence-corrected chi connectivity index (χ4v) is 3.21. The van der Waals surface area contributed by atoms with Gasteiger partial charge in [-0.3, -0.25) is 0 Å². The number of sulfonamides is 1.